The van der Waals surface area contributed by atoms with Crippen LogP contribution in [0.15, 0.2) is 15.6 Å². The molecule has 22 heavy (non-hydrogen) atoms. The summed E-state index contributed by atoms with van der Waals surface area (Å²) in [4.78, 5) is 8.44. The quantitative estimate of drug-likeness (QED) is 0.459. The number of nitrogens with one attached hydrogen (secondary N) is 2. The minimum absolute atomic E-state index is 0.0288. The van der Waals surface area contributed by atoms with Gasteiger partial charge in [0.05, 0.1) is 19.3 Å². The van der Waals surface area contributed by atoms with E-state index >= 15 is 0 Å². The summed E-state index contributed by atoms with van der Waals surface area (Å²) in [6.45, 7) is 13.2. The number of aromatic nitrogens is 1. The predicted octanol–water partition coefficient (Wildman–Crippen LogP) is 2.31. The van der Waals surface area contributed by atoms with Crippen molar-refractivity contribution >= 4 is 5.96 Å². The Balaban J connectivity index is 2.31. The fourth-order valence-corrected chi connectivity index (χ4v) is 1.68. The Bertz CT molecular complexity index is 461. The van der Waals surface area contributed by atoms with Gasteiger partial charge in [-0.1, -0.05) is 34.6 Å². The fraction of sp³-hybridized carbons (Fsp3) is 0.750. The molecule has 126 valence electrons. The zero-order valence-corrected chi connectivity index (χ0v) is 14.7. The van der Waals surface area contributed by atoms with Crippen LogP contribution in [-0.2, 0) is 16.7 Å². The van der Waals surface area contributed by atoms with Gasteiger partial charge in [0, 0.05) is 25.6 Å². The first kappa shape index (κ1) is 18.5. The molecule has 0 aromatic carbocycles. The van der Waals surface area contributed by atoms with Gasteiger partial charge < -0.3 is 19.8 Å². The summed E-state index contributed by atoms with van der Waals surface area (Å²) in [5, 5.41) is 6.37. The van der Waals surface area contributed by atoms with Gasteiger partial charge in [-0.05, 0) is 5.92 Å². The van der Waals surface area contributed by atoms with Crippen LogP contribution in [-0.4, -0.2) is 37.7 Å². The lowest BCUT2D eigenvalue weighted by atomic mass is 9.94. The van der Waals surface area contributed by atoms with Gasteiger partial charge >= 0.3 is 0 Å². The number of nitrogens with zero attached hydrogens (tertiary/aromatic N) is 2. The monoisotopic (exact) mass is 310 g/mol. The molecular formula is C16H30N4O2. The first-order valence-electron chi connectivity index (χ1n) is 7.80. The molecule has 1 heterocycles. The molecule has 0 unspecified atom stereocenters. The maximum absolute atomic E-state index is 5.73. The van der Waals surface area contributed by atoms with E-state index in [1.165, 1.54) is 0 Å². The Kier molecular flexibility index (Phi) is 7.38. The van der Waals surface area contributed by atoms with E-state index < -0.39 is 0 Å². The van der Waals surface area contributed by atoms with Gasteiger partial charge in [0.15, 0.2) is 5.96 Å². The van der Waals surface area contributed by atoms with Crippen molar-refractivity contribution in [2.45, 2.75) is 46.6 Å². The average Bonchev–Trinajstić information content (AvgIpc) is 2.90. The molecule has 0 aliphatic heterocycles. The Morgan fingerprint density at radius 3 is 2.64 bits per heavy atom. The van der Waals surface area contributed by atoms with Crippen molar-refractivity contribution < 1.29 is 9.15 Å². The second kappa shape index (κ2) is 8.78. The third-order valence-electron chi connectivity index (χ3n) is 2.91. The highest BCUT2D eigenvalue weighted by atomic mass is 16.5. The molecular weight excluding hydrogens is 280 g/mol. The molecule has 6 heteroatoms. The third-order valence-corrected chi connectivity index (χ3v) is 2.91. The number of guanidine groups is 1. The van der Waals surface area contributed by atoms with E-state index in [4.69, 9.17) is 9.15 Å². The third kappa shape index (κ3) is 6.93. The molecule has 1 aromatic rings. The second-order valence-corrected chi connectivity index (χ2v) is 6.69. The van der Waals surface area contributed by atoms with Gasteiger partial charge in [-0.3, -0.25) is 4.99 Å². The van der Waals surface area contributed by atoms with Gasteiger partial charge in [0.2, 0.25) is 5.89 Å². The number of aliphatic imine (C=N–C) groups is 1. The zero-order valence-electron chi connectivity index (χ0n) is 14.7. The predicted molar refractivity (Wildman–Crippen MR) is 89.1 cm³/mol. The average molecular weight is 310 g/mol. The summed E-state index contributed by atoms with van der Waals surface area (Å²) in [6, 6.07) is 0. The van der Waals surface area contributed by atoms with Crippen LogP contribution in [0.5, 0.6) is 0 Å². The Labute approximate surface area is 133 Å². The van der Waals surface area contributed by atoms with Gasteiger partial charge in [-0.15, -0.1) is 0 Å². The molecule has 0 atom stereocenters. The lowest BCUT2D eigenvalue weighted by Crippen LogP contribution is -2.38. The summed E-state index contributed by atoms with van der Waals surface area (Å²) < 4.78 is 11.2. The van der Waals surface area contributed by atoms with E-state index in [9.17, 15) is 0 Å². The molecule has 6 nitrogen and oxygen atoms in total. The Morgan fingerprint density at radius 1 is 1.36 bits per heavy atom. The maximum Gasteiger partial charge on any atom is 0.213 e. The number of hydrogen-bond donors (Lipinski definition) is 2. The van der Waals surface area contributed by atoms with Crippen molar-refractivity contribution in [2.24, 2.45) is 10.9 Å². The fourth-order valence-electron chi connectivity index (χ4n) is 1.68. The first-order chi connectivity index (χ1) is 10.3. The van der Waals surface area contributed by atoms with E-state index in [0.717, 1.165) is 12.4 Å². The molecule has 0 spiro atoms. The maximum atomic E-state index is 5.73. The van der Waals surface area contributed by atoms with E-state index in [1.807, 2.05) is 0 Å². The molecule has 1 rings (SSSR count). The second-order valence-electron chi connectivity index (χ2n) is 6.69. The standard InChI is InChI=1S/C16H30N4O2/c1-12(2)11-21-8-7-18-15(17-6)20-10-14-19-9-13(22-14)16(3,4)5/h9,12H,7-8,10-11H2,1-6H3,(H2,17,18,20). The van der Waals surface area contributed by atoms with Crippen LogP contribution < -0.4 is 10.6 Å². The Hall–Kier alpha value is -1.56. The van der Waals surface area contributed by atoms with Crippen molar-refractivity contribution in [3.63, 3.8) is 0 Å². The van der Waals surface area contributed by atoms with Gasteiger partial charge in [0.1, 0.15) is 5.76 Å². The number of rotatable bonds is 7. The van der Waals surface area contributed by atoms with Crippen molar-refractivity contribution in [2.75, 3.05) is 26.8 Å². The smallest absolute Gasteiger partial charge is 0.213 e. The van der Waals surface area contributed by atoms with E-state index in [-0.39, 0.29) is 5.41 Å². The summed E-state index contributed by atoms with van der Waals surface area (Å²) in [7, 11) is 1.74. The molecule has 0 saturated heterocycles. The molecule has 0 bridgehead atoms. The topological polar surface area (TPSA) is 71.7 Å². The number of oxazole rings is 1. The minimum Gasteiger partial charge on any atom is -0.443 e. The molecule has 2 N–H and O–H groups in total. The largest absolute Gasteiger partial charge is 0.443 e. The van der Waals surface area contributed by atoms with Crippen molar-refractivity contribution in [1.82, 2.24) is 15.6 Å². The lowest BCUT2D eigenvalue weighted by molar-refractivity contribution is 0.114. The van der Waals surface area contributed by atoms with Crippen LogP contribution in [0, 0.1) is 5.92 Å². The van der Waals surface area contributed by atoms with Crippen molar-refractivity contribution in [3.05, 3.63) is 17.8 Å². The molecule has 0 amide bonds. The normalized spacial score (nSPS) is 12.8. The molecule has 0 aliphatic carbocycles. The van der Waals surface area contributed by atoms with Crippen molar-refractivity contribution in [1.29, 1.82) is 0 Å². The minimum atomic E-state index is -0.0288. The van der Waals surface area contributed by atoms with E-state index in [2.05, 4.69) is 55.2 Å². The lowest BCUT2D eigenvalue weighted by Gasteiger charge is -2.13. The molecule has 0 radical (unpaired) electrons. The SMILES string of the molecule is CN=C(NCCOCC(C)C)NCc1ncc(C(C)(C)C)o1. The Morgan fingerprint density at radius 2 is 2.09 bits per heavy atom. The van der Waals surface area contributed by atoms with Crippen LogP contribution in [0.3, 0.4) is 0 Å². The van der Waals surface area contributed by atoms with E-state index in [0.29, 0.717) is 37.5 Å². The number of ether oxygens (including phenoxy) is 1. The van der Waals surface area contributed by atoms with Crippen molar-refractivity contribution in [3.8, 4) is 0 Å². The van der Waals surface area contributed by atoms with Gasteiger partial charge in [0.25, 0.3) is 0 Å². The molecule has 0 aliphatic rings. The van der Waals surface area contributed by atoms with Crippen LogP contribution in [0.2, 0.25) is 0 Å². The molecule has 1 aromatic heterocycles. The van der Waals surface area contributed by atoms with Gasteiger partial charge in [-0.25, -0.2) is 4.98 Å². The summed E-state index contributed by atoms with van der Waals surface area (Å²) in [5.74, 6) is 2.81. The molecule has 0 saturated carbocycles. The summed E-state index contributed by atoms with van der Waals surface area (Å²) >= 11 is 0. The van der Waals surface area contributed by atoms with Crippen LogP contribution in [0.1, 0.15) is 46.3 Å². The van der Waals surface area contributed by atoms with Crippen LogP contribution >= 0.6 is 0 Å². The van der Waals surface area contributed by atoms with Gasteiger partial charge in [-0.2, -0.15) is 0 Å². The van der Waals surface area contributed by atoms with Crippen LogP contribution in [0.25, 0.3) is 0 Å². The van der Waals surface area contributed by atoms with Crippen LogP contribution in [0.4, 0.5) is 0 Å². The zero-order chi connectivity index (χ0) is 16.6. The molecule has 0 fully saturated rings. The first-order valence-corrected chi connectivity index (χ1v) is 7.80. The number of hydrogen-bond acceptors (Lipinski definition) is 4. The summed E-state index contributed by atoms with van der Waals surface area (Å²) in [6.07, 6.45) is 1.78. The highest BCUT2D eigenvalue weighted by Crippen LogP contribution is 2.22. The highest BCUT2D eigenvalue weighted by Gasteiger charge is 2.19. The van der Waals surface area contributed by atoms with E-state index in [1.54, 1.807) is 13.2 Å². The summed E-state index contributed by atoms with van der Waals surface area (Å²) in [5.41, 5.74) is -0.0288. The highest BCUT2D eigenvalue weighted by molar-refractivity contribution is 5.79.